The number of esters is 1. The van der Waals surface area contributed by atoms with Crippen molar-refractivity contribution in [1.82, 2.24) is 9.62 Å². The fourth-order valence-corrected chi connectivity index (χ4v) is 4.31. The molecule has 0 bridgehead atoms. The lowest BCUT2D eigenvalue weighted by molar-refractivity contribution is -0.151. The Morgan fingerprint density at radius 3 is 2.28 bits per heavy atom. The molecule has 1 saturated heterocycles. The second-order valence-corrected chi connectivity index (χ2v) is 9.40. The van der Waals surface area contributed by atoms with Crippen LogP contribution < -0.4 is 4.72 Å². The molecule has 1 amide bonds. The van der Waals surface area contributed by atoms with E-state index < -0.39 is 22.5 Å². The summed E-state index contributed by atoms with van der Waals surface area (Å²) in [5.41, 5.74) is 2.02. The number of benzene rings is 2. The average Bonchev–Trinajstić information content (AvgIpc) is 2.82. The highest BCUT2D eigenvalue weighted by Gasteiger charge is 2.23. The number of nitrogens with zero attached hydrogens (tertiary/aromatic N) is 1. The van der Waals surface area contributed by atoms with Gasteiger partial charge in [0.2, 0.25) is 10.0 Å². The number of rotatable bonds is 9. The summed E-state index contributed by atoms with van der Waals surface area (Å²) in [4.78, 5) is 25.9. The Kier molecular flexibility index (Phi) is 8.58. The van der Waals surface area contributed by atoms with Crippen LogP contribution in [0.25, 0.3) is 6.08 Å². The summed E-state index contributed by atoms with van der Waals surface area (Å²) in [6.45, 7) is 0.341. The van der Waals surface area contributed by atoms with Crippen molar-refractivity contribution in [3.05, 3.63) is 77.2 Å². The predicted octanol–water partition coefficient (Wildman–Crippen LogP) is 2.60. The van der Waals surface area contributed by atoms with Crippen LogP contribution in [0, 0.1) is 5.92 Å². The SMILES string of the molecule is O=C(CNS(=O)(=O)/C=C/c1ccccc1)OCC(=O)N1CCC(Cc2ccccc2)CC1. The normalized spacial score (nSPS) is 15.1. The van der Waals surface area contributed by atoms with E-state index in [9.17, 15) is 18.0 Å². The molecule has 1 aliphatic heterocycles. The van der Waals surface area contributed by atoms with Crippen LogP contribution in [0.15, 0.2) is 66.1 Å². The van der Waals surface area contributed by atoms with Gasteiger partial charge < -0.3 is 9.64 Å². The number of piperidine rings is 1. The highest BCUT2D eigenvalue weighted by Crippen LogP contribution is 2.21. The molecule has 1 fully saturated rings. The minimum absolute atomic E-state index is 0.261. The third-order valence-corrected chi connectivity index (χ3v) is 6.39. The van der Waals surface area contributed by atoms with E-state index in [2.05, 4.69) is 16.9 Å². The van der Waals surface area contributed by atoms with Gasteiger partial charge in [0.05, 0.1) is 0 Å². The Morgan fingerprint density at radius 2 is 1.62 bits per heavy atom. The Labute approximate surface area is 189 Å². The molecule has 2 aromatic rings. The number of amides is 1. The Bertz CT molecular complexity index is 1010. The van der Waals surface area contributed by atoms with E-state index in [0.29, 0.717) is 19.0 Å². The molecular formula is C24H28N2O5S. The number of hydrogen-bond donors (Lipinski definition) is 1. The van der Waals surface area contributed by atoms with Crippen molar-refractivity contribution in [3.63, 3.8) is 0 Å². The number of carbonyl (C=O) groups is 2. The van der Waals surface area contributed by atoms with Crippen molar-refractivity contribution in [2.75, 3.05) is 26.2 Å². The standard InChI is InChI=1S/C24H28N2O5S/c27-23(26-14-11-22(12-15-26)17-21-9-5-2-6-10-21)19-31-24(28)18-25-32(29,30)16-13-20-7-3-1-4-8-20/h1-10,13,16,22,25H,11-12,14-15,17-19H2/b16-13+. The van der Waals surface area contributed by atoms with Gasteiger partial charge in [0.1, 0.15) is 6.54 Å². The zero-order valence-electron chi connectivity index (χ0n) is 17.9. The fraction of sp³-hybridized carbons (Fsp3) is 0.333. The first kappa shape index (κ1) is 23.7. The molecule has 7 nitrogen and oxygen atoms in total. The molecule has 0 spiro atoms. The number of ether oxygens (including phenoxy) is 1. The van der Waals surface area contributed by atoms with Crippen LogP contribution in [-0.2, 0) is 30.8 Å². The Balaban J connectivity index is 1.35. The highest BCUT2D eigenvalue weighted by atomic mass is 32.2. The monoisotopic (exact) mass is 456 g/mol. The van der Waals surface area contributed by atoms with Crippen LogP contribution in [0.2, 0.25) is 0 Å². The lowest BCUT2D eigenvalue weighted by Crippen LogP contribution is -2.41. The van der Waals surface area contributed by atoms with Crippen LogP contribution in [0.5, 0.6) is 0 Å². The van der Waals surface area contributed by atoms with Gasteiger partial charge in [-0.15, -0.1) is 0 Å². The van der Waals surface area contributed by atoms with E-state index in [1.807, 2.05) is 24.3 Å². The van der Waals surface area contributed by atoms with Crippen LogP contribution in [0.4, 0.5) is 0 Å². The lowest BCUT2D eigenvalue weighted by atomic mass is 9.90. The summed E-state index contributed by atoms with van der Waals surface area (Å²) in [6.07, 6.45) is 4.24. The molecule has 0 aliphatic carbocycles. The minimum atomic E-state index is -3.79. The topological polar surface area (TPSA) is 92.8 Å². The number of carbonyl (C=O) groups excluding carboxylic acids is 2. The van der Waals surface area contributed by atoms with E-state index >= 15 is 0 Å². The van der Waals surface area contributed by atoms with Crippen molar-refractivity contribution < 1.29 is 22.7 Å². The second kappa shape index (κ2) is 11.6. The summed E-state index contributed by atoms with van der Waals surface area (Å²) in [5, 5.41) is 0.986. The van der Waals surface area contributed by atoms with Gasteiger partial charge in [0, 0.05) is 18.5 Å². The number of hydrogen-bond acceptors (Lipinski definition) is 5. The predicted molar refractivity (Wildman–Crippen MR) is 123 cm³/mol. The maximum Gasteiger partial charge on any atom is 0.321 e. The van der Waals surface area contributed by atoms with E-state index in [1.54, 1.807) is 29.2 Å². The van der Waals surface area contributed by atoms with Crippen molar-refractivity contribution in [2.45, 2.75) is 19.3 Å². The quantitative estimate of drug-likeness (QED) is 0.586. The van der Waals surface area contributed by atoms with Gasteiger partial charge in [-0.3, -0.25) is 9.59 Å². The van der Waals surface area contributed by atoms with E-state index in [0.717, 1.165) is 30.2 Å². The van der Waals surface area contributed by atoms with Crippen molar-refractivity contribution in [2.24, 2.45) is 5.92 Å². The molecule has 0 unspecified atom stereocenters. The Hall–Kier alpha value is -2.97. The largest absolute Gasteiger partial charge is 0.455 e. The molecule has 2 aromatic carbocycles. The maximum atomic E-state index is 12.3. The van der Waals surface area contributed by atoms with Gasteiger partial charge in [-0.1, -0.05) is 60.7 Å². The van der Waals surface area contributed by atoms with Gasteiger partial charge >= 0.3 is 5.97 Å². The minimum Gasteiger partial charge on any atom is -0.455 e. The maximum absolute atomic E-state index is 12.3. The van der Waals surface area contributed by atoms with Crippen molar-refractivity contribution in [3.8, 4) is 0 Å². The van der Waals surface area contributed by atoms with Gasteiger partial charge in [-0.2, -0.15) is 0 Å². The molecule has 8 heteroatoms. The van der Waals surface area contributed by atoms with Gasteiger partial charge in [-0.05, 0) is 42.4 Å². The zero-order valence-corrected chi connectivity index (χ0v) is 18.7. The van der Waals surface area contributed by atoms with Crippen molar-refractivity contribution >= 4 is 28.0 Å². The van der Waals surface area contributed by atoms with E-state index in [1.165, 1.54) is 11.6 Å². The molecule has 0 radical (unpaired) electrons. The molecule has 1 aliphatic rings. The van der Waals surface area contributed by atoms with Gasteiger partial charge in [0.15, 0.2) is 6.61 Å². The summed E-state index contributed by atoms with van der Waals surface area (Å²) in [5.74, 6) is -0.528. The fourth-order valence-electron chi connectivity index (χ4n) is 3.56. The Morgan fingerprint density at radius 1 is 1.00 bits per heavy atom. The number of sulfonamides is 1. The first-order chi connectivity index (χ1) is 15.4. The molecule has 32 heavy (non-hydrogen) atoms. The molecule has 3 rings (SSSR count). The smallest absolute Gasteiger partial charge is 0.321 e. The number of likely N-dealkylation sites (tertiary alicyclic amines) is 1. The lowest BCUT2D eigenvalue weighted by Gasteiger charge is -2.32. The van der Waals surface area contributed by atoms with Crippen LogP contribution in [0.1, 0.15) is 24.0 Å². The van der Waals surface area contributed by atoms with Gasteiger partial charge in [-0.25, -0.2) is 13.1 Å². The third kappa shape index (κ3) is 7.94. The first-order valence-electron chi connectivity index (χ1n) is 10.6. The van der Waals surface area contributed by atoms with E-state index in [-0.39, 0.29) is 12.5 Å². The molecule has 1 heterocycles. The molecule has 170 valence electrons. The molecule has 0 aromatic heterocycles. The zero-order chi connectivity index (χ0) is 22.8. The van der Waals surface area contributed by atoms with Gasteiger partial charge in [0.25, 0.3) is 5.91 Å². The third-order valence-electron chi connectivity index (χ3n) is 5.35. The molecule has 1 N–H and O–H groups in total. The highest BCUT2D eigenvalue weighted by molar-refractivity contribution is 7.92. The van der Waals surface area contributed by atoms with Crippen LogP contribution in [-0.4, -0.2) is 51.4 Å². The summed E-state index contributed by atoms with van der Waals surface area (Å²) in [7, 11) is -3.79. The summed E-state index contributed by atoms with van der Waals surface area (Å²) in [6, 6.07) is 19.2. The molecular weight excluding hydrogens is 428 g/mol. The summed E-state index contributed by atoms with van der Waals surface area (Å²) < 4.78 is 31.1. The second-order valence-electron chi connectivity index (χ2n) is 7.75. The summed E-state index contributed by atoms with van der Waals surface area (Å²) >= 11 is 0. The van der Waals surface area contributed by atoms with E-state index in [4.69, 9.17) is 4.74 Å². The van der Waals surface area contributed by atoms with Crippen LogP contribution >= 0.6 is 0 Å². The van der Waals surface area contributed by atoms with Crippen molar-refractivity contribution in [1.29, 1.82) is 0 Å². The average molecular weight is 457 g/mol. The molecule has 0 saturated carbocycles. The van der Waals surface area contributed by atoms with Crippen LogP contribution in [0.3, 0.4) is 0 Å². The first-order valence-corrected chi connectivity index (χ1v) is 12.2. The number of nitrogens with one attached hydrogen (secondary N) is 1. The molecule has 0 atom stereocenters.